The van der Waals surface area contributed by atoms with Gasteiger partial charge >= 0.3 is 6.01 Å². The van der Waals surface area contributed by atoms with E-state index in [1.165, 1.54) is 32.2 Å². The number of aromatic nitrogens is 2. The molecule has 7 rings (SSSR count). The van der Waals surface area contributed by atoms with Gasteiger partial charge < -0.3 is 4.98 Å². The van der Waals surface area contributed by atoms with Gasteiger partial charge in [0.05, 0.1) is 0 Å². The van der Waals surface area contributed by atoms with Crippen LogP contribution in [-0.2, 0) is 20.1 Å². The number of thiophene rings is 1. The van der Waals surface area contributed by atoms with Crippen LogP contribution in [0, 0.1) is 32.9 Å². The summed E-state index contributed by atoms with van der Waals surface area (Å²) in [5.74, 6) is 0. The van der Waals surface area contributed by atoms with Crippen LogP contribution < -0.4 is 4.58 Å². The number of hydrogen-bond donors (Lipinski definition) is 0. The van der Waals surface area contributed by atoms with E-state index in [1.807, 2.05) is 48.3 Å². The van der Waals surface area contributed by atoms with E-state index in [9.17, 15) is 0 Å². The summed E-state index contributed by atoms with van der Waals surface area (Å²) >= 11 is 1.71. The molecule has 4 nitrogen and oxygen atoms in total. The molecule has 193 valence electrons. The molecule has 3 aromatic carbocycles. The predicted molar refractivity (Wildman–Crippen MR) is 157 cm³/mol. The predicted octanol–water partition coefficient (Wildman–Crippen LogP) is 8.02. The third-order valence-electron chi connectivity index (χ3n) is 6.76. The molecule has 3 aromatic heterocycles. The summed E-state index contributed by atoms with van der Waals surface area (Å²) in [5.41, 5.74) is 9.09. The quantitative estimate of drug-likeness (QED) is 0.135. The van der Waals surface area contributed by atoms with E-state index in [4.69, 9.17) is 0 Å². The first kappa shape index (κ1) is 26.8. The zero-order valence-corrected chi connectivity index (χ0v) is 25.3. The normalized spacial score (nSPS) is 11.8. The van der Waals surface area contributed by atoms with Gasteiger partial charge in [0.1, 0.15) is 10.5 Å². The van der Waals surface area contributed by atoms with E-state index < -0.39 is 0 Å². The van der Waals surface area contributed by atoms with Crippen LogP contribution in [0.25, 0.3) is 31.6 Å². The van der Waals surface area contributed by atoms with Crippen molar-refractivity contribution in [3.63, 3.8) is 0 Å². The molecule has 1 radical (unpaired) electrons. The molecule has 0 unspecified atom stereocenters. The fourth-order valence-electron chi connectivity index (χ4n) is 4.53. The number of benzene rings is 3. The number of pyridine rings is 2. The monoisotopic (exact) mass is 703 g/mol. The third-order valence-corrected chi connectivity index (χ3v) is 7.90. The van der Waals surface area contributed by atoms with Crippen molar-refractivity contribution in [3.05, 3.63) is 114 Å². The average Bonchev–Trinajstić information content (AvgIpc) is 3.49. The number of aryl methyl sites for hydroxylation is 3. The minimum Gasteiger partial charge on any atom is -0.304 e. The molecule has 0 fully saturated rings. The second-order valence-corrected chi connectivity index (χ2v) is 10.4. The van der Waals surface area contributed by atoms with E-state index in [2.05, 4.69) is 102 Å². The van der Waals surface area contributed by atoms with E-state index >= 15 is 0 Å². The van der Waals surface area contributed by atoms with Crippen LogP contribution in [0.3, 0.4) is 0 Å². The van der Waals surface area contributed by atoms with Crippen molar-refractivity contribution in [2.75, 3.05) is 7.05 Å². The molecule has 0 saturated heterocycles. The number of hydrogen-bond acceptors (Lipinski definition) is 3. The van der Waals surface area contributed by atoms with Crippen LogP contribution in [0.4, 0.5) is 17.1 Å². The standard InChI is InChI=1S/C19H12N3S.C14H14N.Ir/c1-21-12-22(16-9-3-2-8-15(16)21)17-10-4-6-13-14-7-5-11-20-19(14)23-18(13)17;1-10-4-6-13(7-5-10)14-8-11(2)12(3)9-15-14;/h2-9,11H,1H3;4-6,8-9H,1-3H3;/q+1;-1;. The summed E-state index contributed by atoms with van der Waals surface area (Å²) in [4.78, 5) is 9.97. The summed E-state index contributed by atoms with van der Waals surface area (Å²) in [6, 6.07) is 34.8. The Morgan fingerprint density at radius 3 is 2.44 bits per heavy atom. The topological polar surface area (TPSA) is 31.8 Å². The van der Waals surface area contributed by atoms with Crippen molar-refractivity contribution >= 4 is 54.7 Å². The Kier molecular flexibility index (Phi) is 7.65. The fourth-order valence-corrected chi connectivity index (χ4v) is 5.66. The summed E-state index contributed by atoms with van der Waals surface area (Å²) < 4.78 is 5.31. The van der Waals surface area contributed by atoms with Crippen LogP contribution in [0.5, 0.6) is 0 Å². The number of nitrogens with zero attached hydrogens (tertiary/aromatic N) is 4. The van der Waals surface area contributed by atoms with Crippen molar-refractivity contribution in [2.24, 2.45) is 0 Å². The molecule has 1 aliphatic rings. The van der Waals surface area contributed by atoms with Crippen molar-refractivity contribution in [2.45, 2.75) is 20.8 Å². The van der Waals surface area contributed by atoms with Gasteiger partial charge in [-0.05, 0) is 41.3 Å². The zero-order valence-electron chi connectivity index (χ0n) is 22.1. The number of fused-ring (bicyclic) bond motifs is 4. The van der Waals surface area contributed by atoms with Gasteiger partial charge in [-0.3, -0.25) is 0 Å². The van der Waals surface area contributed by atoms with Gasteiger partial charge in [-0.25, -0.2) is 4.98 Å². The molecule has 0 amide bonds. The van der Waals surface area contributed by atoms with E-state index in [0.29, 0.717) is 0 Å². The zero-order chi connectivity index (χ0) is 26.2. The van der Waals surface area contributed by atoms with Gasteiger partial charge in [-0.1, -0.05) is 45.9 Å². The maximum atomic E-state index is 4.50. The molecular weight excluding hydrogens is 677 g/mol. The van der Waals surface area contributed by atoms with E-state index in [-0.39, 0.29) is 20.1 Å². The molecule has 6 aromatic rings. The first-order chi connectivity index (χ1) is 18.5. The summed E-state index contributed by atoms with van der Waals surface area (Å²) in [5, 5.41) is 2.42. The molecule has 4 heterocycles. The van der Waals surface area contributed by atoms with Crippen molar-refractivity contribution in [1.82, 2.24) is 14.5 Å². The minimum absolute atomic E-state index is 0. The third kappa shape index (κ3) is 5.13. The Labute approximate surface area is 246 Å². The maximum Gasteiger partial charge on any atom is 0.494 e. The maximum absolute atomic E-state index is 4.50. The van der Waals surface area contributed by atoms with E-state index in [1.54, 1.807) is 11.3 Å². The fraction of sp³-hybridized carbons (Fsp3) is 0.121. The van der Waals surface area contributed by atoms with Gasteiger partial charge in [-0.15, -0.1) is 46.8 Å². The Bertz CT molecular complexity index is 1900. The van der Waals surface area contributed by atoms with Gasteiger partial charge in [0.15, 0.2) is 7.05 Å². The van der Waals surface area contributed by atoms with Crippen LogP contribution in [-0.4, -0.2) is 27.6 Å². The van der Waals surface area contributed by atoms with Crippen LogP contribution in [0.2, 0.25) is 0 Å². The number of para-hydroxylation sites is 2. The molecule has 0 spiro atoms. The first-order valence-corrected chi connectivity index (χ1v) is 13.3. The minimum atomic E-state index is 0. The Morgan fingerprint density at radius 1 is 0.846 bits per heavy atom. The second kappa shape index (κ2) is 11.1. The summed E-state index contributed by atoms with van der Waals surface area (Å²) in [6.07, 6.45) is 3.76. The second-order valence-electron chi connectivity index (χ2n) is 9.44. The Hall–Kier alpha value is -3.79. The molecule has 0 aliphatic carbocycles. The molecule has 0 N–H and O–H groups in total. The largest absolute Gasteiger partial charge is 0.494 e. The molecule has 39 heavy (non-hydrogen) atoms. The smallest absolute Gasteiger partial charge is 0.304 e. The van der Waals surface area contributed by atoms with Crippen molar-refractivity contribution in [1.29, 1.82) is 0 Å². The van der Waals surface area contributed by atoms with Gasteiger partial charge in [0, 0.05) is 44.6 Å². The van der Waals surface area contributed by atoms with Crippen LogP contribution in [0.1, 0.15) is 16.7 Å². The van der Waals surface area contributed by atoms with Crippen molar-refractivity contribution < 1.29 is 24.7 Å². The summed E-state index contributed by atoms with van der Waals surface area (Å²) in [7, 11) is 2.02. The summed E-state index contributed by atoms with van der Waals surface area (Å²) in [6.45, 7) is 6.24. The van der Waals surface area contributed by atoms with Gasteiger partial charge in [-0.2, -0.15) is 23.5 Å². The van der Waals surface area contributed by atoms with Crippen molar-refractivity contribution in [3.8, 4) is 11.3 Å². The number of rotatable bonds is 2. The Morgan fingerprint density at radius 2 is 1.67 bits per heavy atom. The molecule has 1 aliphatic heterocycles. The SMILES string of the molecule is C[N+]1=C=[N+](c2[c-]ccc3c2sc2ncccc23)c2ccccc21.Cc1c[c-]c(-c2cc(C)c(C)cn2)cc1.[Ir]. The Balaban J connectivity index is 0.000000169. The van der Waals surface area contributed by atoms with E-state index in [0.717, 1.165) is 33.1 Å². The molecule has 6 heteroatoms. The van der Waals surface area contributed by atoms with Crippen LogP contribution in [0.15, 0.2) is 85.2 Å². The first-order valence-electron chi connectivity index (χ1n) is 12.5. The molecule has 0 bridgehead atoms. The molecular formula is C33H26IrN4S. The van der Waals surface area contributed by atoms with Gasteiger partial charge in [0.2, 0.25) is 0 Å². The molecule has 0 saturated carbocycles. The van der Waals surface area contributed by atoms with Gasteiger partial charge in [0.25, 0.3) is 11.4 Å². The van der Waals surface area contributed by atoms with Crippen LogP contribution >= 0.6 is 11.3 Å². The molecule has 0 atom stereocenters. The average molecular weight is 703 g/mol.